The number of fused-ring (bicyclic) bond motifs is 1. The summed E-state index contributed by atoms with van der Waals surface area (Å²) in [6.07, 6.45) is 3.54. The van der Waals surface area contributed by atoms with E-state index >= 15 is 0 Å². The minimum atomic E-state index is -1.02. The summed E-state index contributed by atoms with van der Waals surface area (Å²) in [4.78, 5) is 50.5. The van der Waals surface area contributed by atoms with Crippen LogP contribution in [0.1, 0.15) is 52.8 Å². The van der Waals surface area contributed by atoms with Crippen molar-refractivity contribution in [3.05, 3.63) is 29.3 Å². The Morgan fingerprint density at radius 2 is 1.46 bits per heavy atom. The maximum atomic E-state index is 13.0. The summed E-state index contributed by atoms with van der Waals surface area (Å²) < 4.78 is 27.7. The molecule has 2 aliphatic heterocycles. The molecule has 2 aliphatic rings. The molecule has 1 unspecified atom stereocenters. The highest BCUT2D eigenvalue weighted by atomic mass is 16.6. The molecule has 12 nitrogen and oxygen atoms in total. The van der Waals surface area contributed by atoms with Gasteiger partial charge in [0, 0.05) is 13.0 Å². The van der Waals surface area contributed by atoms with Crippen LogP contribution in [0, 0.1) is 0 Å². The monoisotopic (exact) mass is 549 g/mol. The van der Waals surface area contributed by atoms with Gasteiger partial charge in [0.1, 0.15) is 18.4 Å². The Kier molecular flexibility index (Phi) is 13.3. The summed E-state index contributed by atoms with van der Waals surface area (Å²) in [5, 5.41) is 5.31. The Hall–Kier alpha value is -2.90. The number of amides is 4. The minimum absolute atomic E-state index is 0.0635. The Balaban J connectivity index is 1.24. The van der Waals surface area contributed by atoms with Crippen molar-refractivity contribution in [2.75, 3.05) is 73.1 Å². The van der Waals surface area contributed by atoms with E-state index in [1.807, 2.05) is 7.05 Å². The number of benzene rings is 1. The molecule has 12 heteroatoms. The van der Waals surface area contributed by atoms with Gasteiger partial charge in [0.2, 0.25) is 11.8 Å². The molecule has 2 heterocycles. The lowest BCUT2D eigenvalue weighted by atomic mass is 10.0. The lowest BCUT2D eigenvalue weighted by Crippen LogP contribution is -2.54. The smallest absolute Gasteiger partial charge is 0.266 e. The summed E-state index contributed by atoms with van der Waals surface area (Å²) in [5.41, 5.74) is 0.288. The second kappa shape index (κ2) is 16.9. The number of piperidine rings is 1. The zero-order valence-corrected chi connectivity index (χ0v) is 22.5. The number of hydrogen-bond acceptors (Lipinski definition) is 10. The number of imide groups is 2. The van der Waals surface area contributed by atoms with Crippen LogP contribution in [0.25, 0.3) is 0 Å². The van der Waals surface area contributed by atoms with Crippen LogP contribution in [0.3, 0.4) is 0 Å². The summed E-state index contributed by atoms with van der Waals surface area (Å²) in [5.74, 6) is -2.01. The molecule has 1 fully saturated rings. The number of unbranched alkanes of at least 4 members (excludes halogenated alkanes) is 2. The van der Waals surface area contributed by atoms with Crippen LogP contribution >= 0.6 is 0 Å². The fourth-order valence-electron chi connectivity index (χ4n) is 4.26. The number of hydrogen-bond donors (Lipinski definition) is 2. The van der Waals surface area contributed by atoms with Crippen molar-refractivity contribution in [3.8, 4) is 5.75 Å². The van der Waals surface area contributed by atoms with E-state index < -0.39 is 29.7 Å². The maximum absolute atomic E-state index is 13.0. The number of carbonyl (C=O) groups excluding carboxylic acids is 4. The molecule has 1 atom stereocenters. The summed E-state index contributed by atoms with van der Waals surface area (Å²) in [6, 6.07) is 3.71. The number of carbonyl (C=O) groups is 4. The van der Waals surface area contributed by atoms with Gasteiger partial charge in [0.15, 0.2) is 0 Å². The van der Waals surface area contributed by atoms with E-state index in [1.165, 1.54) is 6.07 Å². The van der Waals surface area contributed by atoms with Crippen LogP contribution < -0.4 is 15.4 Å². The van der Waals surface area contributed by atoms with Crippen LogP contribution in [0.4, 0.5) is 0 Å². The number of nitrogens with one attached hydrogen (secondary N) is 2. The molecule has 0 aromatic heterocycles. The highest BCUT2D eigenvalue weighted by molar-refractivity contribution is 6.24. The number of rotatable bonds is 20. The highest BCUT2D eigenvalue weighted by Crippen LogP contribution is 2.33. The highest BCUT2D eigenvalue weighted by Gasteiger charge is 2.45. The molecule has 3 rings (SSSR count). The molecular weight excluding hydrogens is 510 g/mol. The van der Waals surface area contributed by atoms with Gasteiger partial charge in [-0.3, -0.25) is 29.4 Å². The van der Waals surface area contributed by atoms with Crippen LogP contribution in [0.2, 0.25) is 0 Å². The Morgan fingerprint density at radius 1 is 0.821 bits per heavy atom. The van der Waals surface area contributed by atoms with Crippen molar-refractivity contribution in [1.29, 1.82) is 0 Å². The standard InChI is InChI=1S/C27H39N3O9/c1-28-10-3-2-4-11-35-12-13-36-14-15-37-16-17-38-18-19-39-22-7-5-6-20-24(22)27(34)30(26(20)33)21-8-9-23(31)29-25(21)32/h5-7,21,28H,2-4,8-19H2,1H3,(H,29,31,32). The van der Waals surface area contributed by atoms with Crippen molar-refractivity contribution in [1.82, 2.24) is 15.5 Å². The molecule has 1 saturated heterocycles. The molecule has 39 heavy (non-hydrogen) atoms. The Labute approximate surface area is 228 Å². The first-order chi connectivity index (χ1) is 19.0. The van der Waals surface area contributed by atoms with Crippen molar-refractivity contribution >= 4 is 23.6 Å². The predicted molar refractivity (Wildman–Crippen MR) is 140 cm³/mol. The first-order valence-corrected chi connectivity index (χ1v) is 13.5. The van der Waals surface area contributed by atoms with Gasteiger partial charge in [-0.05, 0) is 51.4 Å². The lowest BCUT2D eigenvalue weighted by Gasteiger charge is -2.27. The fraction of sp³-hybridized carbons (Fsp3) is 0.630. The molecule has 0 spiro atoms. The third-order valence-electron chi connectivity index (χ3n) is 6.25. The van der Waals surface area contributed by atoms with Crippen LogP contribution in [-0.4, -0.2) is 108 Å². The van der Waals surface area contributed by atoms with E-state index in [4.69, 9.17) is 23.7 Å². The Bertz CT molecular complexity index is 972. The van der Waals surface area contributed by atoms with Crippen molar-refractivity contribution in [3.63, 3.8) is 0 Å². The first kappa shape index (κ1) is 30.6. The van der Waals surface area contributed by atoms with Crippen molar-refractivity contribution < 1.29 is 42.9 Å². The first-order valence-electron chi connectivity index (χ1n) is 13.5. The predicted octanol–water partition coefficient (Wildman–Crippen LogP) is 0.923. The third-order valence-corrected chi connectivity index (χ3v) is 6.25. The molecule has 216 valence electrons. The molecule has 1 aromatic carbocycles. The minimum Gasteiger partial charge on any atom is -0.490 e. The van der Waals surface area contributed by atoms with Crippen molar-refractivity contribution in [2.45, 2.75) is 38.1 Å². The molecule has 4 amide bonds. The van der Waals surface area contributed by atoms with Crippen LogP contribution in [0.15, 0.2) is 18.2 Å². The van der Waals surface area contributed by atoms with E-state index in [1.54, 1.807) is 12.1 Å². The summed E-state index contributed by atoms with van der Waals surface area (Å²) in [7, 11) is 1.95. The van der Waals surface area contributed by atoms with E-state index in [2.05, 4.69) is 10.6 Å². The summed E-state index contributed by atoms with van der Waals surface area (Å²) >= 11 is 0. The third kappa shape index (κ3) is 9.36. The normalized spacial score (nSPS) is 17.1. The van der Waals surface area contributed by atoms with Gasteiger partial charge >= 0.3 is 0 Å². The lowest BCUT2D eigenvalue weighted by molar-refractivity contribution is -0.136. The zero-order chi connectivity index (χ0) is 27.9. The van der Waals surface area contributed by atoms with Gasteiger partial charge in [-0.15, -0.1) is 0 Å². The van der Waals surface area contributed by atoms with Gasteiger partial charge in [0.25, 0.3) is 11.8 Å². The van der Waals surface area contributed by atoms with E-state index in [-0.39, 0.29) is 42.9 Å². The number of ether oxygens (including phenoxy) is 5. The van der Waals surface area contributed by atoms with Gasteiger partial charge in [-0.1, -0.05) is 6.07 Å². The van der Waals surface area contributed by atoms with Gasteiger partial charge in [-0.25, -0.2) is 0 Å². The average molecular weight is 550 g/mol. The quantitative estimate of drug-likeness (QED) is 0.178. The van der Waals surface area contributed by atoms with Gasteiger partial charge in [-0.2, -0.15) is 0 Å². The van der Waals surface area contributed by atoms with E-state index in [0.717, 1.165) is 37.3 Å². The summed E-state index contributed by atoms with van der Waals surface area (Å²) in [6.45, 7) is 5.04. The van der Waals surface area contributed by atoms with Gasteiger partial charge in [0.05, 0.1) is 57.4 Å². The largest absolute Gasteiger partial charge is 0.490 e. The molecule has 0 saturated carbocycles. The molecule has 1 aromatic rings. The van der Waals surface area contributed by atoms with Gasteiger partial charge < -0.3 is 29.0 Å². The second-order valence-electron chi connectivity index (χ2n) is 9.09. The molecule has 0 aliphatic carbocycles. The topological polar surface area (TPSA) is 142 Å². The SMILES string of the molecule is CNCCCCCOCCOCCOCCOCCOc1cccc2c1C(=O)N(C1CCC(=O)NC1=O)C2=O. The van der Waals surface area contributed by atoms with E-state index in [0.29, 0.717) is 39.6 Å². The molecular formula is C27H39N3O9. The van der Waals surface area contributed by atoms with Crippen LogP contribution in [0.5, 0.6) is 5.75 Å². The zero-order valence-electron chi connectivity index (χ0n) is 22.5. The average Bonchev–Trinajstić information content (AvgIpc) is 3.18. The van der Waals surface area contributed by atoms with Crippen molar-refractivity contribution in [2.24, 2.45) is 0 Å². The molecule has 0 bridgehead atoms. The van der Waals surface area contributed by atoms with E-state index in [9.17, 15) is 19.2 Å². The van der Waals surface area contributed by atoms with Crippen LogP contribution in [-0.2, 0) is 28.5 Å². The molecule has 2 N–H and O–H groups in total. The second-order valence-corrected chi connectivity index (χ2v) is 9.09. The fourth-order valence-corrected chi connectivity index (χ4v) is 4.26. The molecule has 0 radical (unpaired) electrons. The maximum Gasteiger partial charge on any atom is 0.266 e. The Morgan fingerprint density at radius 3 is 2.10 bits per heavy atom. The number of nitrogens with zero attached hydrogens (tertiary/aromatic N) is 1.